The van der Waals surface area contributed by atoms with E-state index in [9.17, 15) is 19.2 Å². The predicted molar refractivity (Wildman–Crippen MR) is 116 cm³/mol. The van der Waals surface area contributed by atoms with Gasteiger partial charge < -0.3 is 29.9 Å². The highest BCUT2D eigenvalue weighted by Crippen LogP contribution is 2.16. The van der Waals surface area contributed by atoms with E-state index in [1.165, 1.54) is 18.5 Å². The molecular weight excluding hydrogens is 452 g/mol. The number of rotatable bonds is 14. The Hall–Kier alpha value is -4.22. The van der Waals surface area contributed by atoms with E-state index < -0.39 is 23.9 Å². The fourth-order valence-corrected chi connectivity index (χ4v) is 2.48. The molecule has 2 rings (SSSR count). The first-order valence-corrected chi connectivity index (χ1v) is 10.3. The van der Waals surface area contributed by atoms with Crippen LogP contribution >= 0.6 is 0 Å². The molecule has 0 radical (unpaired) electrons. The second-order valence-electron chi connectivity index (χ2n) is 6.71. The molecule has 0 fully saturated rings. The van der Waals surface area contributed by atoms with E-state index in [2.05, 4.69) is 9.97 Å². The molecule has 184 valence electrons. The van der Waals surface area contributed by atoms with E-state index in [4.69, 9.17) is 29.9 Å². The van der Waals surface area contributed by atoms with Gasteiger partial charge in [-0.15, -0.1) is 0 Å². The van der Waals surface area contributed by atoms with Crippen LogP contribution in [0.5, 0.6) is 11.5 Å². The first-order valence-electron chi connectivity index (χ1n) is 10.3. The summed E-state index contributed by atoms with van der Waals surface area (Å²) in [6.45, 7) is 0.504. The second kappa shape index (κ2) is 15.6. The Morgan fingerprint density at radius 3 is 1.53 bits per heavy atom. The van der Waals surface area contributed by atoms with Crippen LogP contribution in [0.2, 0.25) is 0 Å². The summed E-state index contributed by atoms with van der Waals surface area (Å²) in [5.41, 5.74) is -0.277. The van der Waals surface area contributed by atoms with Crippen LogP contribution in [0, 0.1) is 0 Å². The Kier molecular flexibility index (Phi) is 12.7. The maximum Gasteiger partial charge on any atom is 0.358 e. The van der Waals surface area contributed by atoms with Crippen LogP contribution in [-0.4, -0.2) is 67.5 Å². The van der Waals surface area contributed by atoms with Crippen LogP contribution in [0.4, 0.5) is 0 Å². The summed E-state index contributed by atoms with van der Waals surface area (Å²) in [5, 5.41) is 34.5. The molecule has 0 atom stereocenters. The van der Waals surface area contributed by atoms with Gasteiger partial charge in [0.1, 0.15) is 0 Å². The lowest BCUT2D eigenvalue weighted by Crippen LogP contribution is -2.07. The van der Waals surface area contributed by atoms with Gasteiger partial charge >= 0.3 is 23.9 Å². The molecule has 0 aliphatic carbocycles. The van der Waals surface area contributed by atoms with Crippen LogP contribution in [0.3, 0.4) is 0 Å². The number of pyridine rings is 2. The minimum atomic E-state index is -1.17. The third-order valence-electron chi connectivity index (χ3n) is 4.03. The van der Waals surface area contributed by atoms with Gasteiger partial charge in [-0.1, -0.05) is 0 Å². The van der Waals surface area contributed by atoms with Crippen molar-refractivity contribution in [3.05, 3.63) is 48.0 Å². The average molecular weight is 478 g/mol. The summed E-state index contributed by atoms with van der Waals surface area (Å²) >= 11 is 0. The molecule has 34 heavy (non-hydrogen) atoms. The van der Waals surface area contributed by atoms with E-state index in [0.717, 1.165) is 6.42 Å². The number of aliphatic carboxylic acids is 2. The molecule has 0 saturated carbocycles. The van der Waals surface area contributed by atoms with Crippen molar-refractivity contribution in [2.75, 3.05) is 13.2 Å². The average Bonchev–Trinajstić information content (AvgIpc) is 2.79. The van der Waals surface area contributed by atoms with Crippen molar-refractivity contribution < 1.29 is 49.1 Å². The van der Waals surface area contributed by atoms with Crippen LogP contribution in [0.1, 0.15) is 59.5 Å². The van der Waals surface area contributed by atoms with Gasteiger partial charge in [-0.25, -0.2) is 19.6 Å². The molecule has 0 aromatic carbocycles. The molecule has 0 bridgehead atoms. The highest BCUT2D eigenvalue weighted by Gasteiger charge is 2.12. The summed E-state index contributed by atoms with van der Waals surface area (Å²) in [4.78, 5) is 49.4. The number of ether oxygens (including phenoxy) is 2. The highest BCUT2D eigenvalue weighted by atomic mass is 16.5. The third kappa shape index (κ3) is 11.4. The summed E-state index contributed by atoms with van der Waals surface area (Å²) in [6.07, 6.45) is 5.21. The molecule has 0 saturated heterocycles. The van der Waals surface area contributed by atoms with Crippen molar-refractivity contribution in [3.8, 4) is 11.5 Å². The Morgan fingerprint density at radius 2 is 1.09 bits per heavy atom. The Bertz CT molecular complexity index is 964. The number of carboxylic acid groups (broad SMARTS) is 4. The molecule has 0 aliphatic heterocycles. The number of hydrogen-bond donors (Lipinski definition) is 4. The van der Waals surface area contributed by atoms with E-state index in [1.807, 2.05) is 0 Å². The van der Waals surface area contributed by atoms with Gasteiger partial charge in [0.25, 0.3) is 0 Å². The molecule has 0 unspecified atom stereocenters. The van der Waals surface area contributed by atoms with Crippen molar-refractivity contribution in [2.45, 2.75) is 38.5 Å². The lowest BCUT2D eigenvalue weighted by atomic mass is 10.2. The van der Waals surface area contributed by atoms with Crippen LogP contribution < -0.4 is 9.47 Å². The molecule has 12 nitrogen and oxygen atoms in total. The first-order chi connectivity index (χ1) is 16.2. The minimum Gasteiger partial charge on any atom is -0.491 e. The number of unbranched alkanes of at least 4 members (excludes halogenated alkanes) is 2. The predicted octanol–water partition coefficient (Wildman–Crippen LogP) is 2.83. The summed E-state index contributed by atoms with van der Waals surface area (Å²) < 4.78 is 10.5. The minimum absolute atomic E-state index is 0.0112. The van der Waals surface area contributed by atoms with Gasteiger partial charge in [-0.2, -0.15) is 0 Å². The Morgan fingerprint density at radius 1 is 0.647 bits per heavy atom. The van der Waals surface area contributed by atoms with Crippen LogP contribution in [0.25, 0.3) is 0 Å². The van der Waals surface area contributed by atoms with Gasteiger partial charge in [-0.05, 0) is 49.9 Å². The lowest BCUT2D eigenvalue weighted by Gasteiger charge is -2.07. The summed E-state index contributed by atoms with van der Waals surface area (Å²) in [5.74, 6) is -3.63. The van der Waals surface area contributed by atoms with Crippen molar-refractivity contribution in [2.24, 2.45) is 0 Å². The number of carboxylic acids is 4. The van der Waals surface area contributed by atoms with Gasteiger partial charge in [0, 0.05) is 25.2 Å². The fraction of sp³-hybridized carbons (Fsp3) is 0.364. The topological polar surface area (TPSA) is 193 Å². The number of carbonyl (C=O) groups is 4. The van der Waals surface area contributed by atoms with Crippen molar-refractivity contribution in [1.29, 1.82) is 0 Å². The van der Waals surface area contributed by atoms with Crippen LogP contribution in [-0.2, 0) is 9.59 Å². The number of hydrogen-bond acceptors (Lipinski definition) is 8. The molecule has 0 spiro atoms. The molecular formula is C22H26N2O10. The smallest absolute Gasteiger partial charge is 0.358 e. The SMILES string of the molecule is O=C(O)CCCCCOc1cccnc1C(=O)O.O=C(O)CCCOc1cccnc1C(=O)O. The number of aromatic nitrogens is 2. The second-order valence-corrected chi connectivity index (χ2v) is 6.71. The van der Waals surface area contributed by atoms with Crippen molar-refractivity contribution in [3.63, 3.8) is 0 Å². The summed E-state index contributed by atoms with van der Waals surface area (Å²) in [6, 6.07) is 6.19. The maximum atomic E-state index is 10.8. The monoisotopic (exact) mass is 478 g/mol. The molecule has 0 amide bonds. The zero-order valence-electron chi connectivity index (χ0n) is 18.3. The Balaban J connectivity index is 0.000000342. The zero-order valence-corrected chi connectivity index (χ0v) is 18.3. The molecule has 2 heterocycles. The quantitative estimate of drug-likeness (QED) is 0.290. The van der Waals surface area contributed by atoms with E-state index in [1.54, 1.807) is 18.2 Å². The highest BCUT2D eigenvalue weighted by molar-refractivity contribution is 5.88. The Labute approximate surface area is 194 Å². The standard InChI is InChI=1S/C12H15NO5.C10H11NO5/c14-10(15)6-2-1-3-8-18-9-5-4-7-13-11(9)12(16)17;12-8(13)4-2-6-16-7-3-1-5-11-9(7)10(14)15/h4-5,7H,1-3,6,8H2,(H,14,15)(H,16,17);1,3,5H,2,4,6H2,(H,12,13)(H,14,15). The number of aromatic carboxylic acids is 2. The molecule has 2 aromatic heterocycles. The first kappa shape index (κ1) is 27.8. The van der Waals surface area contributed by atoms with Crippen molar-refractivity contribution in [1.82, 2.24) is 9.97 Å². The zero-order chi connectivity index (χ0) is 25.3. The van der Waals surface area contributed by atoms with Gasteiger partial charge in [0.05, 0.1) is 13.2 Å². The fourth-order valence-electron chi connectivity index (χ4n) is 2.48. The molecule has 4 N–H and O–H groups in total. The largest absolute Gasteiger partial charge is 0.491 e. The van der Waals surface area contributed by atoms with E-state index in [0.29, 0.717) is 25.9 Å². The van der Waals surface area contributed by atoms with Crippen molar-refractivity contribution >= 4 is 23.9 Å². The molecule has 12 heteroatoms. The summed E-state index contributed by atoms with van der Waals surface area (Å²) in [7, 11) is 0. The third-order valence-corrected chi connectivity index (χ3v) is 4.03. The molecule has 2 aromatic rings. The van der Waals surface area contributed by atoms with E-state index >= 15 is 0 Å². The molecule has 0 aliphatic rings. The van der Waals surface area contributed by atoms with E-state index in [-0.39, 0.29) is 42.3 Å². The normalized spacial score (nSPS) is 9.88. The maximum absolute atomic E-state index is 10.8. The number of nitrogens with zero attached hydrogens (tertiary/aromatic N) is 2. The van der Waals surface area contributed by atoms with Gasteiger partial charge in [-0.3, -0.25) is 9.59 Å². The van der Waals surface area contributed by atoms with Gasteiger partial charge in [0.2, 0.25) is 0 Å². The lowest BCUT2D eigenvalue weighted by molar-refractivity contribution is -0.138. The van der Waals surface area contributed by atoms with Crippen LogP contribution in [0.15, 0.2) is 36.7 Å². The van der Waals surface area contributed by atoms with Gasteiger partial charge in [0.15, 0.2) is 22.9 Å².